The van der Waals surface area contributed by atoms with Gasteiger partial charge in [0.05, 0.1) is 32.0 Å². The summed E-state index contributed by atoms with van der Waals surface area (Å²) in [6.07, 6.45) is 1.54. The fraction of sp³-hybridized carbons (Fsp3) is 0.294. The first kappa shape index (κ1) is 21.6. The number of nitrogens with one attached hydrogen (secondary N) is 1. The van der Waals surface area contributed by atoms with Gasteiger partial charge in [-0.15, -0.1) is 11.3 Å². The van der Waals surface area contributed by atoms with Crippen molar-refractivity contribution in [3.05, 3.63) is 33.2 Å². The van der Waals surface area contributed by atoms with Gasteiger partial charge in [-0.25, -0.2) is 9.78 Å². The summed E-state index contributed by atoms with van der Waals surface area (Å²) in [5.74, 6) is -0.837. The molecule has 1 aromatic carbocycles. The molecule has 0 spiro atoms. The Hall–Kier alpha value is -2.66. The van der Waals surface area contributed by atoms with Crippen LogP contribution in [0.3, 0.4) is 0 Å². The van der Waals surface area contributed by atoms with Crippen molar-refractivity contribution in [3.63, 3.8) is 0 Å². The SMILES string of the molecule is CCOC(=O)Cc1csc(NN=Cc2cc(Br)cc(OC)c2OCC(=O)O)n1. The van der Waals surface area contributed by atoms with Gasteiger partial charge in [0.2, 0.25) is 5.13 Å². The predicted octanol–water partition coefficient (Wildman–Crippen LogP) is 2.93. The lowest BCUT2D eigenvalue weighted by Gasteiger charge is -2.12. The molecular weight excluding hydrogens is 454 g/mol. The Balaban J connectivity index is 2.11. The molecule has 1 aromatic heterocycles. The van der Waals surface area contributed by atoms with E-state index in [1.54, 1.807) is 24.4 Å². The number of carbonyl (C=O) groups excluding carboxylic acids is 1. The number of thiazole rings is 1. The van der Waals surface area contributed by atoms with Crippen LogP contribution >= 0.6 is 27.3 Å². The molecule has 2 rings (SSSR count). The molecule has 0 radical (unpaired) electrons. The van der Waals surface area contributed by atoms with E-state index in [2.05, 4.69) is 31.4 Å². The van der Waals surface area contributed by atoms with E-state index in [1.165, 1.54) is 24.7 Å². The Kier molecular flexibility index (Phi) is 8.20. The summed E-state index contributed by atoms with van der Waals surface area (Å²) in [6.45, 7) is 1.54. The van der Waals surface area contributed by atoms with E-state index < -0.39 is 12.6 Å². The molecule has 0 saturated carbocycles. The van der Waals surface area contributed by atoms with Gasteiger partial charge in [-0.05, 0) is 19.1 Å². The number of carbonyl (C=O) groups is 2. The topological polar surface area (TPSA) is 119 Å². The van der Waals surface area contributed by atoms with Crippen LogP contribution in [0.1, 0.15) is 18.2 Å². The molecule has 0 amide bonds. The van der Waals surface area contributed by atoms with Crippen molar-refractivity contribution >= 4 is 50.6 Å². The second kappa shape index (κ2) is 10.6. The summed E-state index contributed by atoms with van der Waals surface area (Å²) >= 11 is 4.64. The van der Waals surface area contributed by atoms with Gasteiger partial charge in [0, 0.05) is 15.4 Å². The van der Waals surface area contributed by atoms with Crippen LogP contribution in [0.4, 0.5) is 5.13 Å². The molecule has 0 atom stereocenters. The molecule has 1 heterocycles. The summed E-state index contributed by atoms with van der Waals surface area (Å²) in [5, 5.41) is 15.2. The molecule has 0 saturated heterocycles. The minimum atomic E-state index is -1.11. The molecule has 28 heavy (non-hydrogen) atoms. The molecule has 0 aliphatic heterocycles. The largest absolute Gasteiger partial charge is 0.493 e. The normalized spacial score (nSPS) is 10.7. The second-order valence-corrected chi connectivity index (χ2v) is 6.98. The molecule has 0 aliphatic rings. The number of nitrogens with zero attached hydrogens (tertiary/aromatic N) is 2. The van der Waals surface area contributed by atoms with Crippen molar-refractivity contribution in [1.82, 2.24) is 4.98 Å². The van der Waals surface area contributed by atoms with E-state index in [0.717, 1.165) is 0 Å². The number of carboxylic acids is 1. The Labute approximate surface area is 173 Å². The van der Waals surface area contributed by atoms with Crippen LogP contribution in [-0.4, -0.2) is 48.6 Å². The second-order valence-electron chi connectivity index (χ2n) is 5.20. The van der Waals surface area contributed by atoms with Crippen LogP contribution in [-0.2, 0) is 20.7 Å². The standard InChI is InChI=1S/C17H18BrN3O6S/c1-3-26-15(24)6-12-9-28-17(20-12)21-19-7-10-4-11(18)5-13(25-2)16(10)27-8-14(22)23/h4-5,7,9H,3,6,8H2,1-2H3,(H,20,21)(H,22,23). The number of anilines is 1. The highest BCUT2D eigenvalue weighted by Crippen LogP contribution is 2.34. The van der Waals surface area contributed by atoms with Crippen LogP contribution in [0.25, 0.3) is 0 Å². The number of aliphatic carboxylic acids is 1. The number of benzene rings is 1. The number of aromatic nitrogens is 1. The summed E-state index contributed by atoms with van der Waals surface area (Å²) in [5.41, 5.74) is 3.85. The molecule has 9 nitrogen and oxygen atoms in total. The first-order valence-corrected chi connectivity index (χ1v) is 9.71. The fourth-order valence-corrected chi connectivity index (χ4v) is 3.19. The average Bonchev–Trinajstić information content (AvgIpc) is 3.07. The van der Waals surface area contributed by atoms with Gasteiger partial charge in [-0.1, -0.05) is 15.9 Å². The van der Waals surface area contributed by atoms with Crippen LogP contribution in [0.2, 0.25) is 0 Å². The summed E-state index contributed by atoms with van der Waals surface area (Å²) in [4.78, 5) is 26.5. The van der Waals surface area contributed by atoms with Crippen LogP contribution in [0.5, 0.6) is 11.5 Å². The van der Waals surface area contributed by atoms with Gasteiger partial charge < -0.3 is 19.3 Å². The van der Waals surface area contributed by atoms with E-state index in [1.807, 2.05) is 0 Å². The van der Waals surface area contributed by atoms with Gasteiger partial charge in [0.1, 0.15) is 0 Å². The minimum Gasteiger partial charge on any atom is -0.493 e. The Morgan fingerprint density at radius 1 is 1.43 bits per heavy atom. The maximum Gasteiger partial charge on any atom is 0.341 e. The van der Waals surface area contributed by atoms with Gasteiger partial charge >= 0.3 is 11.9 Å². The third-order valence-electron chi connectivity index (χ3n) is 3.15. The third-order valence-corrected chi connectivity index (χ3v) is 4.41. The quantitative estimate of drug-likeness (QED) is 0.308. The molecule has 150 valence electrons. The first-order valence-electron chi connectivity index (χ1n) is 8.04. The molecule has 2 aromatic rings. The molecule has 0 unspecified atom stereocenters. The zero-order valence-electron chi connectivity index (χ0n) is 15.1. The van der Waals surface area contributed by atoms with Gasteiger partial charge in [0.25, 0.3) is 0 Å². The number of ether oxygens (including phenoxy) is 3. The molecule has 0 aliphatic carbocycles. The zero-order valence-corrected chi connectivity index (χ0v) is 17.5. The number of rotatable bonds is 10. The molecule has 2 N–H and O–H groups in total. The van der Waals surface area contributed by atoms with Crippen molar-refractivity contribution in [3.8, 4) is 11.5 Å². The van der Waals surface area contributed by atoms with E-state index >= 15 is 0 Å². The van der Waals surface area contributed by atoms with Crippen molar-refractivity contribution < 1.29 is 28.9 Å². The maximum atomic E-state index is 11.5. The maximum absolute atomic E-state index is 11.5. The Morgan fingerprint density at radius 2 is 2.21 bits per heavy atom. The lowest BCUT2D eigenvalue weighted by Crippen LogP contribution is -2.11. The molecule has 11 heteroatoms. The lowest BCUT2D eigenvalue weighted by atomic mass is 10.2. The van der Waals surface area contributed by atoms with Crippen molar-refractivity contribution in [1.29, 1.82) is 0 Å². The minimum absolute atomic E-state index is 0.0890. The van der Waals surface area contributed by atoms with E-state index in [-0.39, 0.29) is 18.1 Å². The summed E-state index contributed by atoms with van der Waals surface area (Å²) < 4.78 is 16.2. The highest BCUT2D eigenvalue weighted by Gasteiger charge is 2.13. The number of hydrogen-bond acceptors (Lipinski definition) is 9. The summed E-state index contributed by atoms with van der Waals surface area (Å²) in [6, 6.07) is 3.36. The number of hydrazone groups is 1. The first-order chi connectivity index (χ1) is 13.4. The third kappa shape index (κ3) is 6.50. The van der Waals surface area contributed by atoms with Gasteiger partial charge in [-0.3, -0.25) is 10.2 Å². The van der Waals surface area contributed by atoms with Crippen LogP contribution in [0.15, 0.2) is 27.1 Å². The van der Waals surface area contributed by atoms with Crippen molar-refractivity contribution in [2.75, 3.05) is 25.7 Å². The monoisotopic (exact) mass is 471 g/mol. The number of hydrogen-bond donors (Lipinski definition) is 2. The van der Waals surface area contributed by atoms with E-state index in [4.69, 9.17) is 19.3 Å². The predicted molar refractivity (Wildman–Crippen MR) is 107 cm³/mol. The molecular formula is C17H18BrN3O6S. The lowest BCUT2D eigenvalue weighted by molar-refractivity contribution is -0.142. The van der Waals surface area contributed by atoms with Crippen molar-refractivity contribution in [2.24, 2.45) is 5.10 Å². The highest BCUT2D eigenvalue weighted by atomic mass is 79.9. The average molecular weight is 472 g/mol. The Morgan fingerprint density at radius 3 is 2.89 bits per heavy atom. The van der Waals surface area contributed by atoms with Crippen LogP contribution in [0, 0.1) is 0 Å². The fourth-order valence-electron chi connectivity index (χ4n) is 2.08. The van der Waals surface area contributed by atoms with Gasteiger partial charge in [0.15, 0.2) is 18.1 Å². The molecule has 0 bridgehead atoms. The van der Waals surface area contributed by atoms with Crippen LogP contribution < -0.4 is 14.9 Å². The van der Waals surface area contributed by atoms with E-state index in [9.17, 15) is 9.59 Å². The highest BCUT2D eigenvalue weighted by molar-refractivity contribution is 9.10. The smallest absolute Gasteiger partial charge is 0.341 e. The van der Waals surface area contributed by atoms with E-state index in [0.29, 0.717) is 33.2 Å². The number of carboxylic acid groups (broad SMARTS) is 1. The number of methoxy groups -OCH3 is 1. The molecule has 0 fully saturated rings. The zero-order chi connectivity index (χ0) is 20.5. The number of esters is 1. The summed E-state index contributed by atoms with van der Waals surface area (Å²) in [7, 11) is 1.45. The Bertz CT molecular complexity index is 871. The number of halogens is 1. The van der Waals surface area contributed by atoms with Gasteiger partial charge in [-0.2, -0.15) is 5.10 Å². The van der Waals surface area contributed by atoms with Crippen molar-refractivity contribution in [2.45, 2.75) is 13.3 Å².